The van der Waals surface area contributed by atoms with Gasteiger partial charge in [0.1, 0.15) is 10.8 Å². The highest BCUT2D eigenvalue weighted by atomic mass is 35.5. The van der Waals surface area contributed by atoms with Gasteiger partial charge in [0.25, 0.3) is 0 Å². The molecule has 1 nitrogen and oxygen atoms in total. The number of allylic oxidation sites excluding steroid dienone is 2. The van der Waals surface area contributed by atoms with Crippen molar-refractivity contribution in [1.82, 2.24) is 0 Å². The molecule has 0 N–H and O–H groups in total. The molecule has 3 heteroatoms. The monoisotopic (exact) mass is 296 g/mol. The second kappa shape index (κ2) is 7.12. The Kier molecular flexibility index (Phi) is 5.47. The molecule has 20 heavy (non-hydrogen) atoms. The summed E-state index contributed by atoms with van der Waals surface area (Å²) in [5.41, 5.74) is 1.72. The summed E-state index contributed by atoms with van der Waals surface area (Å²) in [5, 5.41) is 0.0981. The van der Waals surface area contributed by atoms with Crippen LogP contribution < -0.4 is 4.74 Å². The molecule has 0 saturated carbocycles. The molecule has 0 amide bonds. The first-order chi connectivity index (χ1) is 9.67. The van der Waals surface area contributed by atoms with Crippen LogP contribution in [0.1, 0.15) is 51.5 Å². The molecule has 2 rings (SSSR count). The van der Waals surface area contributed by atoms with Gasteiger partial charge >= 0.3 is 0 Å². The third-order valence-electron chi connectivity index (χ3n) is 3.91. The van der Waals surface area contributed by atoms with Crippen molar-refractivity contribution >= 4 is 17.2 Å². The fraction of sp³-hybridized carbons (Fsp3) is 0.529. The molecule has 110 valence electrons. The summed E-state index contributed by atoms with van der Waals surface area (Å²) in [5.74, 6) is 0.832. The van der Waals surface area contributed by atoms with Gasteiger partial charge in [0.05, 0.1) is 6.61 Å². The van der Waals surface area contributed by atoms with Crippen LogP contribution in [-0.2, 0) is 0 Å². The summed E-state index contributed by atoms with van der Waals surface area (Å²) in [6, 6.07) is 3.56. The van der Waals surface area contributed by atoms with Gasteiger partial charge in [-0.1, -0.05) is 37.4 Å². The third-order valence-corrected chi connectivity index (χ3v) is 4.26. The highest BCUT2D eigenvalue weighted by Gasteiger charge is 2.19. The van der Waals surface area contributed by atoms with Crippen molar-refractivity contribution in [3.05, 3.63) is 34.6 Å². The molecule has 1 atom stereocenters. The van der Waals surface area contributed by atoms with Crippen molar-refractivity contribution in [2.45, 2.75) is 46.0 Å². The zero-order valence-corrected chi connectivity index (χ0v) is 13.0. The molecule has 1 aliphatic carbocycles. The Hall–Kier alpha value is -1.02. The van der Waals surface area contributed by atoms with Crippen molar-refractivity contribution in [3.63, 3.8) is 0 Å². The lowest BCUT2D eigenvalue weighted by molar-refractivity contribution is 0.338. The molecule has 1 aromatic carbocycles. The van der Waals surface area contributed by atoms with Crippen LogP contribution in [0.3, 0.4) is 0 Å². The molecule has 0 aliphatic heterocycles. The van der Waals surface area contributed by atoms with Gasteiger partial charge in [-0.05, 0) is 49.8 Å². The highest BCUT2D eigenvalue weighted by Crippen LogP contribution is 2.37. The van der Waals surface area contributed by atoms with Gasteiger partial charge in [-0.2, -0.15) is 0 Å². The molecule has 0 radical (unpaired) electrons. The van der Waals surface area contributed by atoms with Crippen molar-refractivity contribution in [2.75, 3.05) is 6.61 Å². The van der Waals surface area contributed by atoms with Gasteiger partial charge < -0.3 is 4.74 Å². The maximum Gasteiger partial charge on any atom is 0.153 e. The molecule has 0 aromatic heterocycles. The summed E-state index contributed by atoms with van der Waals surface area (Å²) in [7, 11) is 0. The Morgan fingerprint density at radius 3 is 2.75 bits per heavy atom. The van der Waals surface area contributed by atoms with Crippen LogP contribution in [0.5, 0.6) is 5.75 Å². The van der Waals surface area contributed by atoms with E-state index in [1.54, 1.807) is 12.1 Å². The lowest BCUT2D eigenvalue weighted by Crippen LogP contribution is -2.06. The summed E-state index contributed by atoms with van der Waals surface area (Å²) >= 11 is 6.05. The summed E-state index contributed by atoms with van der Waals surface area (Å²) in [4.78, 5) is 0. The van der Waals surface area contributed by atoms with Crippen molar-refractivity contribution in [2.24, 2.45) is 5.92 Å². The molecule has 0 bridgehead atoms. The fourth-order valence-corrected chi connectivity index (χ4v) is 3.07. The molecule has 1 aromatic rings. The normalized spacial score (nSPS) is 18.8. The highest BCUT2D eigenvalue weighted by molar-refractivity contribution is 6.32. The molecular formula is C17H22ClFO. The SMILES string of the molecule is CCCC1CC=C(c2ccc(OCC)c(Cl)c2F)CC1. The Balaban J connectivity index is 2.20. The second-order valence-electron chi connectivity index (χ2n) is 5.33. The number of ether oxygens (including phenoxy) is 1. The molecule has 0 heterocycles. The van der Waals surface area contributed by atoms with Crippen LogP contribution in [0.25, 0.3) is 5.57 Å². The van der Waals surface area contributed by atoms with Crippen LogP contribution in [0.2, 0.25) is 5.02 Å². The van der Waals surface area contributed by atoms with Gasteiger partial charge in [0.2, 0.25) is 0 Å². The van der Waals surface area contributed by atoms with E-state index in [1.807, 2.05) is 6.92 Å². The standard InChI is InChI=1S/C17H22ClFO/c1-3-5-12-6-8-13(9-7-12)14-10-11-15(20-4-2)16(18)17(14)19/h8,10-12H,3-7,9H2,1-2H3. The molecule has 0 spiro atoms. The Labute approximate surface area is 125 Å². The zero-order valence-electron chi connectivity index (χ0n) is 12.2. The number of rotatable bonds is 5. The Morgan fingerprint density at radius 2 is 2.15 bits per heavy atom. The van der Waals surface area contributed by atoms with E-state index in [0.717, 1.165) is 30.8 Å². The van der Waals surface area contributed by atoms with Gasteiger partial charge in [-0.15, -0.1) is 0 Å². The topological polar surface area (TPSA) is 9.23 Å². The molecule has 0 fully saturated rings. The van der Waals surface area contributed by atoms with E-state index in [2.05, 4.69) is 13.0 Å². The fourth-order valence-electron chi connectivity index (χ4n) is 2.85. The number of hydrogen-bond donors (Lipinski definition) is 0. The summed E-state index contributed by atoms with van der Waals surface area (Å²) in [6.07, 6.45) is 7.79. The minimum atomic E-state index is -0.349. The van der Waals surface area contributed by atoms with Crippen LogP contribution >= 0.6 is 11.6 Å². The number of halogens is 2. The van der Waals surface area contributed by atoms with Crippen LogP contribution in [-0.4, -0.2) is 6.61 Å². The predicted molar refractivity (Wildman–Crippen MR) is 82.8 cm³/mol. The predicted octanol–water partition coefficient (Wildman–Crippen LogP) is 5.86. The van der Waals surface area contributed by atoms with E-state index in [9.17, 15) is 4.39 Å². The van der Waals surface area contributed by atoms with Gasteiger partial charge in [-0.3, -0.25) is 0 Å². The largest absolute Gasteiger partial charge is 0.492 e. The maximum absolute atomic E-state index is 14.4. The first kappa shape index (κ1) is 15.4. The minimum Gasteiger partial charge on any atom is -0.492 e. The van der Waals surface area contributed by atoms with E-state index in [-0.39, 0.29) is 10.8 Å². The van der Waals surface area contributed by atoms with Crippen LogP contribution in [0.15, 0.2) is 18.2 Å². The molecular weight excluding hydrogens is 275 g/mol. The Bertz CT molecular complexity index is 496. The first-order valence-corrected chi connectivity index (χ1v) is 7.85. The number of benzene rings is 1. The van der Waals surface area contributed by atoms with Crippen molar-refractivity contribution < 1.29 is 9.13 Å². The van der Waals surface area contributed by atoms with Gasteiger partial charge in [0, 0.05) is 5.56 Å². The van der Waals surface area contributed by atoms with E-state index in [1.165, 1.54) is 12.8 Å². The maximum atomic E-state index is 14.4. The lowest BCUT2D eigenvalue weighted by atomic mass is 9.84. The van der Waals surface area contributed by atoms with Gasteiger partial charge in [-0.25, -0.2) is 4.39 Å². The number of hydrogen-bond acceptors (Lipinski definition) is 1. The van der Waals surface area contributed by atoms with E-state index in [4.69, 9.17) is 16.3 Å². The Morgan fingerprint density at radius 1 is 1.35 bits per heavy atom. The second-order valence-corrected chi connectivity index (χ2v) is 5.71. The van der Waals surface area contributed by atoms with Crippen molar-refractivity contribution in [1.29, 1.82) is 0 Å². The van der Waals surface area contributed by atoms with E-state index in [0.29, 0.717) is 17.9 Å². The third kappa shape index (κ3) is 3.35. The smallest absolute Gasteiger partial charge is 0.153 e. The lowest BCUT2D eigenvalue weighted by Gasteiger charge is -2.22. The molecule has 1 unspecified atom stereocenters. The summed E-state index contributed by atoms with van der Waals surface area (Å²) < 4.78 is 19.7. The average Bonchev–Trinajstić information content (AvgIpc) is 2.46. The van der Waals surface area contributed by atoms with Gasteiger partial charge in [0.15, 0.2) is 5.82 Å². The minimum absolute atomic E-state index is 0.0981. The zero-order chi connectivity index (χ0) is 14.5. The van der Waals surface area contributed by atoms with E-state index < -0.39 is 0 Å². The van der Waals surface area contributed by atoms with E-state index >= 15 is 0 Å². The van der Waals surface area contributed by atoms with Crippen LogP contribution in [0.4, 0.5) is 4.39 Å². The van der Waals surface area contributed by atoms with Crippen molar-refractivity contribution in [3.8, 4) is 5.75 Å². The molecule has 1 aliphatic rings. The molecule has 0 saturated heterocycles. The average molecular weight is 297 g/mol. The summed E-state index contributed by atoms with van der Waals surface area (Å²) in [6.45, 7) is 4.56. The first-order valence-electron chi connectivity index (χ1n) is 7.47. The van der Waals surface area contributed by atoms with Crippen LogP contribution in [0, 0.1) is 11.7 Å². The quantitative estimate of drug-likeness (QED) is 0.661.